The fraction of sp³-hybridized carbons (Fsp3) is 0.636. The van der Waals surface area contributed by atoms with Gasteiger partial charge >= 0.3 is 0 Å². The molecule has 1 heterocycles. The molecule has 0 unspecified atom stereocenters. The maximum Gasteiger partial charge on any atom is 0.0790 e. The zero-order valence-corrected chi connectivity index (χ0v) is 12.6. The molecule has 0 amide bonds. The molecule has 1 aliphatic rings. The zero-order chi connectivity index (χ0) is 10.0. The van der Waals surface area contributed by atoms with Gasteiger partial charge in [0.2, 0.25) is 0 Å². The topological polar surface area (TPSA) is 12.5 Å². The summed E-state index contributed by atoms with van der Waals surface area (Å²) in [6.07, 6.45) is 3.34. The molecule has 1 aliphatic heterocycles. The average molecular weight is 269 g/mol. The molecule has 0 aliphatic carbocycles. The molecule has 0 atom stereocenters. The quantitative estimate of drug-likeness (QED) is 0.679. The Morgan fingerprint density at radius 3 is 2.43 bits per heavy atom. The number of rotatable bonds is 1. The Balaban J connectivity index is 0.00000169. The van der Waals surface area contributed by atoms with Gasteiger partial charge in [-0.2, -0.15) is 5.57 Å². The molecular formula is C11H18NOY-. The van der Waals surface area contributed by atoms with Crippen LogP contribution >= 0.6 is 0 Å². The molecule has 2 nitrogen and oxygen atoms in total. The van der Waals surface area contributed by atoms with Crippen LogP contribution < -0.4 is 0 Å². The van der Waals surface area contributed by atoms with Crippen molar-refractivity contribution in [2.75, 3.05) is 6.61 Å². The van der Waals surface area contributed by atoms with Crippen LogP contribution in [0.4, 0.5) is 0 Å². The van der Waals surface area contributed by atoms with Gasteiger partial charge in [-0.15, -0.1) is 25.1 Å². The molecular weight excluding hydrogens is 251 g/mol. The van der Waals surface area contributed by atoms with Crippen molar-refractivity contribution in [2.24, 2.45) is 0 Å². The van der Waals surface area contributed by atoms with E-state index >= 15 is 0 Å². The van der Waals surface area contributed by atoms with Crippen molar-refractivity contribution in [3.8, 4) is 0 Å². The summed E-state index contributed by atoms with van der Waals surface area (Å²) in [5.74, 6) is 0. The van der Waals surface area contributed by atoms with Crippen LogP contribution in [0.1, 0.15) is 34.6 Å². The maximum absolute atomic E-state index is 5.60. The summed E-state index contributed by atoms with van der Waals surface area (Å²) in [7, 11) is 0. The molecule has 14 heavy (non-hydrogen) atoms. The van der Waals surface area contributed by atoms with Crippen LogP contribution in [0.25, 0.3) is 0 Å². The second-order valence-corrected chi connectivity index (χ2v) is 3.95. The SMILES string of the molecule is CC1=[C-]C(=C(C)C)N(C(C)C)OC1.[Y]. The largest absolute Gasteiger partial charge is 0.288 e. The molecule has 0 aromatic heterocycles. The van der Waals surface area contributed by atoms with Gasteiger partial charge in [-0.3, -0.25) is 9.90 Å². The van der Waals surface area contributed by atoms with Crippen LogP contribution in [0, 0.1) is 6.08 Å². The molecule has 77 valence electrons. The zero-order valence-electron chi connectivity index (χ0n) is 9.72. The first kappa shape index (κ1) is 14.3. The molecule has 0 saturated heterocycles. The van der Waals surface area contributed by atoms with E-state index in [4.69, 9.17) is 4.84 Å². The van der Waals surface area contributed by atoms with Crippen molar-refractivity contribution in [3.63, 3.8) is 0 Å². The fourth-order valence-corrected chi connectivity index (χ4v) is 1.28. The van der Waals surface area contributed by atoms with E-state index in [1.807, 2.05) is 12.0 Å². The number of hydroxylamine groups is 2. The number of allylic oxidation sites excluding steroid dienone is 2. The Bertz CT molecular complexity index is 252. The molecule has 0 N–H and O–H groups in total. The Morgan fingerprint density at radius 1 is 1.43 bits per heavy atom. The second-order valence-electron chi connectivity index (χ2n) is 3.95. The van der Waals surface area contributed by atoms with E-state index in [1.165, 1.54) is 5.57 Å². The van der Waals surface area contributed by atoms with Crippen LogP contribution in [0.15, 0.2) is 16.8 Å². The standard InChI is InChI=1S/C11H18NO.Y/c1-8(2)11-6-10(5)7-13-12(11)9(3)4;/h9H,7H2,1-5H3;/q-1;. The van der Waals surface area contributed by atoms with E-state index in [9.17, 15) is 0 Å². The van der Waals surface area contributed by atoms with Gasteiger partial charge in [-0.05, 0) is 13.8 Å². The summed E-state index contributed by atoms with van der Waals surface area (Å²) >= 11 is 0. The first-order valence-electron chi connectivity index (χ1n) is 4.71. The average Bonchev–Trinajstić information content (AvgIpc) is 2.03. The van der Waals surface area contributed by atoms with Gasteiger partial charge in [-0.25, -0.2) is 6.08 Å². The van der Waals surface area contributed by atoms with E-state index in [1.54, 1.807) is 0 Å². The maximum atomic E-state index is 5.60. The molecule has 3 heteroatoms. The van der Waals surface area contributed by atoms with Gasteiger partial charge in [0.25, 0.3) is 0 Å². The third-order valence-corrected chi connectivity index (χ3v) is 1.91. The van der Waals surface area contributed by atoms with Crippen molar-refractivity contribution in [1.82, 2.24) is 5.06 Å². The monoisotopic (exact) mass is 269 g/mol. The van der Waals surface area contributed by atoms with Crippen molar-refractivity contribution in [2.45, 2.75) is 40.7 Å². The van der Waals surface area contributed by atoms with Gasteiger partial charge < -0.3 is 0 Å². The van der Waals surface area contributed by atoms with Gasteiger partial charge in [0.1, 0.15) is 0 Å². The van der Waals surface area contributed by atoms with Gasteiger partial charge in [-0.1, -0.05) is 6.92 Å². The normalized spacial score (nSPS) is 16.6. The summed E-state index contributed by atoms with van der Waals surface area (Å²) < 4.78 is 0. The number of hydrogen-bond donors (Lipinski definition) is 0. The smallest absolute Gasteiger partial charge is 0.0790 e. The van der Waals surface area contributed by atoms with Crippen molar-refractivity contribution >= 4 is 0 Å². The first-order chi connectivity index (χ1) is 6.02. The summed E-state index contributed by atoms with van der Waals surface area (Å²) in [6, 6.07) is 0.366. The predicted molar refractivity (Wildman–Crippen MR) is 53.7 cm³/mol. The Hall–Kier alpha value is 0.344. The Kier molecular flexibility index (Phi) is 6.19. The van der Waals surface area contributed by atoms with E-state index in [0.29, 0.717) is 12.6 Å². The van der Waals surface area contributed by atoms with Crippen LogP contribution in [0.2, 0.25) is 0 Å². The van der Waals surface area contributed by atoms with Crippen LogP contribution in [0.5, 0.6) is 0 Å². The Labute approximate surface area is 112 Å². The van der Waals surface area contributed by atoms with E-state index in [-0.39, 0.29) is 32.7 Å². The van der Waals surface area contributed by atoms with Crippen molar-refractivity contribution < 1.29 is 37.5 Å². The molecule has 0 bridgehead atoms. The summed E-state index contributed by atoms with van der Waals surface area (Å²) in [6.45, 7) is 11.1. The predicted octanol–water partition coefficient (Wildman–Crippen LogP) is 2.68. The molecule has 0 fully saturated rings. The van der Waals surface area contributed by atoms with Gasteiger partial charge in [0, 0.05) is 38.8 Å². The number of nitrogens with zero attached hydrogens (tertiary/aromatic N) is 1. The van der Waals surface area contributed by atoms with E-state index in [2.05, 4.69) is 33.8 Å². The van der Waals surface area contributed by atoms with Gasteiger partial charge in [0.15, 0.2) is 0 Å². The molecule has 0 aromatic rings. The van der Waals surface area contributed by atoms with E-state index < -0.39 is 0 Å². The summed E-state index contributed by atoms with van der Waals surface area (Å²) in [4.78, 5) is 5.60. The summed E-state index contributed by atoms with van der Waals surface area (Å²) in [5, 5.41) is 1.93. The minimum atomic E-state index is 0. The summed E-state index contributed by atoms with van der Waals surface area (Å²) in [5.41, 5.74) is 3.49. The molecule has 0 spiro atoms. The van der Waals surface area contributed by atoms with E-state index in [0.717, 1.165) is 11.3 Å². The minimum absolute atomic E-state index is 0. The third-order valence-electron chi connectivity index (χ3n) is 1.91. The van der Waals surface area contributed by atoms with Crippen LogP contribution in [-0.2, 0) is 37.5 Å². The van der Waals surface area contributed by atoms with Crippen molar-refractivity contribution in [3.05, 3.63) is 22.9 Å². The number of hydrogen-bond acceptors (Lipinski definition) is 2. The molecule has 0 aromatic carbocycles. The van der Waals surface area contributed by atoms with Crippen LogP contribution in [-0.4, -0.2) is 17.7 Å². The minimum Gasteiger partial charge on any atom is -0.288 e. The second kappa shape index (κ2) is 6.04. The molecule has 0 saturated carbocycles. The molecule has 1 rings (SSSR count). The van der Waals surface area contributed by atoms with Gasteiger partial charge in [0.05, 0.1) is 6.61 Å². The fourth-order valence-electron chi connectivity index (χ4n) is 1.28. The third kappa shape index (κ3) is 3.49. The van der Waals surface area contributed by atoms with Crippen LogP contribution in [0.3, 0.4) is 0 Å². The Morgan fingerprint density at radius 2 is 2.00 bits per heavy atom. The molecule has 1 radical (unpaired) electrons. The van der Waals surface area contributed by atoms with Crippen molar-refractivity contribution in [1.29, 1.82) is 0 Å². The first-order valence-corrected chi connectivity index (χ1v) is 4.71.